The van der Waals surface area contributed by atoms with E-state index in [0.717, 1.165) is 5.56 Å². The summed E-state index contributed by atoms with van der Waals surface area (Å²) in [6.07, 6.45) is 0. The summed E-state index contributed by atoms with van der Waals surface area (Å²) in [5.74, 6) is -1.32. The van der Waals surface area contributed by atoms with E-state index in [1.165, 1.54) is 7.11 Å². The molecule has 0 radical (unpaired) electrons. The molecule has 136 valence electrons. The van der Waals surface area contributed by atoms with Crippen molar-refractivity contribution in [2.45, 2.75) is 20.8 Å². The summed E-state index contributed by atoms with van der Waals surface area (Å²) in [4.78, 5) is 36.5. The predicted octanol–water partition coefficient (Wildman–Crippen LogP) is 3.39. The summed E-state index contributed by atoms with van der Waals surface area (Å²) in [7, 11) is 1.30. The van der Waals surface area contributed by atoms with Gasteiger partial charge in [0, 0.05) is 11.4 Å². The zero-order valence-corrected chi connectivity index (χ0v) is 15.3. The van der Waals surface area contributed by atoms with Gasteiger partial charge < -0.3 is 15.4 Å². The van der Waals surface area contributed by atoms with Gasteiger partial charge in [-0.05, 0) is 57.2 Å². The average molecular weight is 354 g/mol. The molecule has 26 heavy (non-hydrogen) atoms. The smallest absolute Gasteiger partial charge is 0.337 e. The highest BCUT2D eigenvalue weighted by atomic mass is 16.5. The van der Waals surface area contributed by atoms with Crippen LogP contribution in [0.1, 0.15) is 29.8 Å². The van der Waals surface area contributed by atoms with Crippen molar-refractivity contribution in [2.75, 3.05) is 17.7 Å². The molecule has 6 nitrogen and oxygen atoms in total. The number of anilines is 2. The fourth-order valence-electron chi connectivity index (χ4n) is 2.12. The van der Waals surface area contributed by atoms with Crippen LogP contribution in [-0.2, 0) is 14.3 Å². The molecule has 0 atom stereocenters. The van der Waals surface area contributed by atoms with E-state index in [1.807, 2.05) is 19.1 Å². The quantitative estimate of drug-likeness (QED) is 0.637. The number of amides is 2. The van der Waals surface area contributed by atoms with Crippen LogP contribution in [0, 0.1) is 12.3 Å². The SMILES string of the molecule is COC(=O)c1ccc(NC(=O)C(C)(C)C(=O)Nc2ccc(C)cc2)cc1. The number of ether oxygens (including phenoxy) is 1. The van der Waals surface area contributed by atoms with E-state index in [-0.39, 0.29) is 0 Å². The third-order valence-electron chi connectivity index (χ3n) is 4.01. The monoisotopic (exact) mass is 354 g/mol. The minimum absolute atomic E-state index is 0.377. The molecule has 0 saturated carbocycles. The molecule has 0 bridgehead atoms. The van der Waals surface area contributed by atoms with E-state index in [2.05, 4.69) is 15.4 Å². The van der Waals surface area contributed by atoms with Gasteiger partial charge in [-0.2, -0.15) is 0 Å². The van der Waals surface area contributed by atoms with Gasteiger partial charge in [-0.1, -0.05) is 17.7 Å². The minimum Gasteiger partial charge on any atom is -0.465 e. The molecule has 2 aromatic rings. The molecule has 0 fully saturated rings. The van der Waals surface area contributed by atoms with E-state index >= 15 is 0 Å². The number of rotatable bonds is 5. The van der Waals surface area contributed by atoms with Gasteiger partial charge in [0.15, 0.2) is 0 Å². The Morgan fingerprint density at radius 1 is 0.808 bits per heavy atom. The van der Waals surface area contributed by atoms with Crippen LogP contribution in [0.2, 0.25) is 0 Å². The van der Waals surface area contributed by atoms with Gasteiger partial charge in [0.2, 0.25) is 11.8 Å². The summed E-state index contributed by atoms with van der Waals surface area (Å²) in [6, 6.07) is 13.6. The molecule has 0 saturated heterocycles. The second-order valence-electron chi connectivity index (χ2n) is 6.47. The van der Waals surface area contributed by atoms with E-state index in [1.54, 1.807) is 50.2 Å². The van der Waals surface area contributed by atoms with Gasteiger partial charge >= 0.3 is 5.97 Å². The van der Waals surface area contributed by atoms with Crippen molar-refractivity contribution in [3.05, 3.63) is 59.7 Å². The number of benzene rings is 2. The van der Waals surface area contributed by atoms with Crippen molar-refractivity contribution in [2.24, 2.45) is 5.41 Å². The lowest BCUT2D eigenvalue weighted by Crippen LogP contribution is -2.41. The molecule has 2 N–H and O–H groups in total. The second-order valence-corrected chi connectivity index (χ2v) is 6.47. The Kier molecular flexibility index (Phi) is 5.77. The topological polar surface area (TPSA) is 84.5 Å². The number of hydrogen-bond acceptors (Lipinski definition) is 4. The fourth-order valence-corrected chi connectivity index (χ4v) is 2.12. The Morgan fingerprint density at radius 2 is 1.23 bits per heavy atom. The maximum absolute atomic E-state index is 12.5. The molecule has 0 aliphatic carbocycles. The van der Waals surface area contributed by atoms with Crippen molar-refractivity contribution < 1.29 is 19.1 Å². The summed E-state index contributed by atoms with van der Waals surface area (Å²) in [6.45, 7) is 5.05. The molecule has 6 heteroatoms. The molecule has 0 unspecified atom stereocenters. The van der Waals surface area contributed by atoms with E-state index in [4.69, 9.17) is 0 Å². The minimum atomic E-state index is -1.29. The Hall–Kier alpha value is -3.15. The van der Waals surface area contributed by atoms with Crippen LogP contribution in [-0.4, -0.2) is 24.9 Å². The Balaban J connectivity index is 2.05. The molecule has 0 spiro atoms. The fraction of sp³-hybridized carbons (Fsp3) is 0.250. The maximum atomic E-state index is 12.5. The Morgan fingerprint density at radius 3 is 1.65 bits per heavy atom. The highest BCUT2D eigenvalue weighted by Gasteiger charge is 2.36. The number of carbonyl (C=O) groups excluding carboxylic acids is 3. The summed E-state index contributed by atoms with van der Waals surface area (Å²) < 4.78 is 4.63. The van der Waals surface area contributed by atoms with Crippen LogP contribution in [0.4, 0.5) is 11.4 Å². The maximum Gasteiger partial charge on any atom is 0.337 e. The lowest BCUT2D eigenvalue weighted by atomic mass is 9.90. The first-order valence-corrected chi connectivity index (χ1v) is 8.12. The van der Waals surface area contributed by atoms with Crippen LogP contribution in [0.15, 0.2) is 48.5 Å². The first-order valence-electron chi connectivity index (χ1n) is 8.12. The zero-order valence-electron chi connectivity index (χ0n) is 15.3. The van der Waals surface area contributed by atoms with Gasteiger partial charge in [0.05, 0.1) is 12.7 Å². The summed E-state index contributed by atoms with van der Waals surface area (Å²) in [5.41, 5.74) is 1.28. The standard InChI is InChI=1S/C20H22N2O4/c1-13-5-9-15(10-6-13)21-18(24)20(2,3)19(25)22-16-11-7-14(8-12-16)17(23)26-4/h5-12H,1-4H3,(H,21,24)(H,22,25). The van der Waals surface area contributed by atoms with Gasteiger partial charge in [-0.3, -0.25) is 9.59 Å². The number of hydrogen-bond donors (Lipinski definition) is 2. The third-order valence-corrected chi connectivity index (χ3v) is 4.01. The molecule has 0 heterocycles. The highest BCUT2D eigenvalue weighted by Crippen LogP contribution is 2.22. The number of nitrogens with one attached hydrogen (secondary N) is 2. The van der Waals surface area contributed by atoms with Gasteiger partial charge in [0.25, 0.3) is 0 Å². The molecule has 2 amide bonds. The second kappa shape index (κ2) is 7.82. The predicted molar refractivity (Wildman–Crippen MR) is 100 cm³/mol. The van der Waals surface area contributed by atoms with Gasteiger partial charge in [-0.25, -0.2) is 4.79 Å². The molecular weight excluding hydrogens is 332 g/mol. The first kappa shape index (κ1) is 19.2. The van der Waals surface area contributed by atoms with E-state index in [0.29, 0.717) is 16.9 Å². The number of aryl methyl sites for hydroxylation is 1. The van der Waals surface area contributed by atoms with Crippen molar-refractivity contribution in [1.29, 1.82) is 0 Å². The Labute approximate surface area is 152 Å². The van der Waals surface area contributed by atoms with Gasteiger partial charge in [0.1, 0.15) is 5.41 Å². The molecule has 0 aliphatic rings. The summed E-state index contributed by atoms with van der Waals surface area (Å²) in [5, 5.41) is 5.44. The van der Waals surface area contributed by atoms with E-state index < -0.39 is 23.2 Å². The number of carbonyl (C=O) groups is 3. The third kappa shape index (κ3) is 4.47. The van der Waals surface area contributed by atoms with Crippen molar-refractivity contribution >= 4 is 29.2 Å². The van der Waals surface area contributed by atoms with Gasteiger partial charge in [-0.15, -0.1) is 0 Å². The average Bonchev–Trinajstić information content (AvgIpc) is 2.63. The van der Waals surface area contributed by atoms with Crippen LogP contribution in [0.3, 0.4) is 0 Å². The molecule has 2 aromatic carbocycles. The van der Waals surface area contributed by atoms with Crippen molar-refractivity contribution in [1.82, 2.24) is 0 Å². The number of esters is 1. The van der Waals surface area contributed by atoms with Crippen LogP contribution < -0.4 is 10.6 Å². The molecule has 0 aliphatic heterocycles. The largest absolute Gasteiger partial charge is 0.465 e. The van der Waals surface area contributed by atoms with Crippen molar-refractivity contribution in [3.8, 4) is 0 Å². The Bertz CT molecular complexity index is 809. The molecule has 2 rings (SSSR count). The zero-order chi connectivity index (χ0) is 19.3. The molecule has 0 aromatic heterocycles. The first-order chi connectivity index (χ1) is 12.2. The lowest BCUT2D eigenvalue weighted by Gasteiger charge is -2.23. The highest BCUT2D eigenvalue weighted by molar-refractivity contribution is 6.14. The molecular formula is C20H22N2O4. The van der Waals surface area contributed by atoms with Crippen LogP contribution in [0.5, 0.6) is 0 Å². The van der Waals surface area contributed by atoms with E-state index in [9.17, 15) is 14.4 Å². The van der Waals surface area contributed by atoms with Crippen molar-refractivity contribution in [3.63, 3.8) is 0 Å². The lowest BCUT2D eigenvalue weighted by molar-refractivity contribution is -0.135. The number of methoxy groups -OCH3 is 1. The van der Waals surface area contributed by atoms with Crippen LogP contribution in [0.25, 0.3) is 0 Å². The summed E-state index contributed by atoms with van der Waals surface area (Å²) >= 11 is 0. The normalized spacial score (nSPS) is 10.8. The van der Waals surface area contributed by atoms with Crippen LogP contribution >= 0.6 is 0 Å².